The van der Waals surface area contributed by atoms with E-state index in [1.165, 1.54) is 11.7 Å². The Labute approximate surface area is 87.3 Å². The standard InChI is InChI=1S/C8H6F3N3S/c1-14-5(6-2-3-12-15-6)4-7(13-14)8(9,10)11/h2-4H,1H3. The molecule has 0 aromatic carbocycles. The maximum absolute atomic E-state index is 12.3. The van der Waals surface area contributed by atoms with Crippen molar-refractivity contribution in [1.82, 2.24) is 14.2 Å². The van der Waals surface area contributed by atoms with Crippen LogP contribution in [0.2, 0.25) is 0 Å². The molecule has 15 heavy (non-hydrogen) atoms. The van der Waals surface area contributed by atoms with Crippen LogP contribution in [0, 0.1) is 0 Å². The summed E-state index contributed by atoms with van der Waals surface area (Å²) in [7, 11) is 1.48. The first-order chi connectivity index (χ1) is 6.98. The van der Waals surface area contributed by atoms with Gasteiger partial charge >= 0.3 is 6.18 Å². The topological polar surface area (TPSA) is 30.7 Å². The molecule has 0 aliphatic rings. The maximum Gasteiger partial charge on any atom is 0.435 e. The third kappa shape index (κ3) is 1.87. The first kappa shape index (κ1) is 10.2. The molecule has 2 aromatic heterocycles. The fourth-order valence-corrected chi connectivity index (χ4v) is 1.83. The van der Waals surface area contributed by atoms with E-state index in [0.29, 0.717) is 10.6 Å². The van der Waals surface area contributed by atoms with Gasteiger partial charge in [-0.2, -0.15) is 18.3 Å². The minimum atomic E-state index is -4.40. The minimum Gasteiger partial charge on any atom is -0.266 e. The number of aromatic nitrogens is 3. The maximum atomic E-state index is 12.3. The first-order valence-electron chi connectivity index (χ1n) is 4.01. The molecule has 0 aliphatic carbocycles. The Kier molecular flexibility index (Phi) is 2.26. The van der Waals surface area contributed by atoms with Crippen molar-refractivity contribution in [3.05, 3.63) is 24.0 Å². The normalized spacial score (nSPS) is 12.0. The molecule has 0 aliphatic heterocycles. The third-order valence-corrected chi connectivity index (χ3v) is 2.63. The molecule has 0 radical (unpaired) electrons. The average molecular weight is 233 g/mol. The molecule has 2 heterocycles. The summed E-state index contributed by atoms with van der Waals surface area (Å²) >= 11 is 1.14. The van der Waals surface area contributed by atoms with Crippen LogP contribution in [0.4, 0.5) is 13.2 Å². The minimum absolute atomic E-state index is 0.421. The van der Waals surface area contributed by atoms with Crippen molar-refractivity contribution in [2.75, 3.05) is 0 Å². The van der Waals surface area contributed by atoms with Crippen molar-refractivity contribution in [2.24, 2.45) is 7.05 Å². The monoisotopic (exact) mass is 233 g/mol. The van der Waals surface area contributed by atoms with E-state index in [-0.39, 0.29) is 0 Å². The van der Waals surface area contributed by atoms with E-state index in [4.69, 9.17) is 0 Å². The Bertz CT molecular complexity index is 458. The van der Waals surface area contributed by atoms with Gasteiger partial charge in [-0.15, -0.1) is 0 Å². The molecule has 2 aromatic rings. The molecule has 0 atom stereocenters. The highest BCUT2D eigenvalue weighted by molar-refractivity contribution is 7.09. The summed E-state index contributed by atoms with van der Waals surface area (Å²) in [4.78, 5) is 0.667. The van der Waals surface area contributed by atoms with Gasteiger partial charge < -0.3 is 0 Å². The van der Waals surface area contributed by atoms with Crippen molar-refractivity contribution in [2.45, 2.75) is 6.18 Å². The molecule has 7 heteroatoms. The van der Waals surface area contributed by atoms with Gasteiger partial charge in [0.1, 0.15) is 0 Å². The van der Waals surface area contributed by atoms with E-state index in [9.17, 15) is 13.2 Å². The van der Waals surface area contributed by atoms with Crippen LogP contribution in [0.1, 0.15) is 5.69 Å². The Morgan fingerprint density at radius 2 is 2.13 bits per heavy atom. The molecular weight excluding hydrogens is 227 g/mol. The second kappa shape index (κ2) is 3.34. The fourth-order valence-electron chi connectivity index (χ4n) is 1.18. The van der Waals surface area contributed by atoms with Crippen LogP contribution in [-0.2, 0) is 13.2 Å². The number of aryl methyl sites for hydroxylation is 1. The molecule has 80 valence electrons. The average Bonchev–Trinajstić information content (AvgIpc) is 2.69. The summed E-state index contributed by atoms with van der Waals surface area (Å²) in [6.07, 6.45) is -2.86. The smallest absolute Gasteiger partial charge is 0.266 e. The summed E-state index contributed by atoms with van der Waals surface area (Å²) in [6, 6.07) is 2.68. The fraction of sp³-hybridized carbons (Fsp3) is 0.250. The summed E-state index contributed by atoms with van der Waals surface area (Å²) < 4.78 is 42.0. The molecule has 0 amide bonds. The predicted molar refractivity (Wildman–Crippen MR) is 49.3 cm³/mol. The van der Waals surface area contributed by atoms with Crippen LogP contribution in [0.15, 0.2) is 18.3 Å². The van der Waals surface area contributed by atoms with Gasteiger partial charge in [0, 0.05) is 13.2 Å². The SMILES string of the molecule is Cn1nc(C(F)(F)F)cc1-c1ccns1. The van der Waals surface area contributed by atoms with Gasteiger partial charge in [-0.05, 0) is 23.7 Å². The van der Waals surface area contributed by atoms with Crippen molar-refractivity contribution in [3.63, 3.8) is 0 Å². The van der Waals surface area contributed by atoms with E-state index < -0.39 is 11.9 Å². The number of hydrogen-bond acceptors (Lipinski definition) is 3. The van der Waals surface area contributed by atoms with Crippen LogP contribution in [0.5, 0.6) is 0 Å². The van der Waals surface area contributed by atoms with Crippen molar-refractivity contribution in [3.8, 4) is 10.6 Å². The zero-order chi connectivity index (χ0) is 11.1. The highest BCUT2D eigenvalue weighted by Gasteiger charge is 2.34. The lowest BCUT2D eigenvalue weighted by Gasteiger charge is -1.98. The lowest BCUT2D eigenvalue weighted by atomic mass is 10.3. The van der Waals surface area contributed by atoms with Crippen LogP contribution in [0.25, 0.3) is 10.6 Å². The van der Waals surface area contributed by atoms with Gasteiger partial charge in [-0.3, -0.25) is 4.68 Å². The van der Waals surface area contributed by atoms with Gasteiger partial charge in [0.05, 0.1) is 10.6 Å². The number of hydrogen-bond donors (Lipinski definition) is 0. The first-order valence-corrected chi connectivity index (χ1v) is 4.78. The van der Waals surface area contributed by atoms with E-state index >= 15 is 0 Å². The number of nitrogens with zero attached hydrogens (tertiary/aromatic N) is 3. The number of rotatable bonds is 1. The highest BCUT2D eigenvalue weighted by atomic mass is 32.1. The second-order valence-corrected chi connectivity index (χ2v) is 3.75. The zero-order valence-electron chi connectivity index (χ0n) is 7.62. The summed E-state index contributed by atoms with van der Waals surface area (Å²) in [6.45, 7) is 0. The molecule has 3 nitrogen and oxygen atoms in total. The molecule has 0 bridgehead atoms. The Morgan fingerprint density at radius 3 is 2.60 bits per heavy atom. The molecular formula is C8H6F3N3S. The van der Waals surface area contributed by atoms with Crippen LogP contribution >= 0.6 is 11.5 Å². The summed E-state index contributed by atoms with van der Waals surface area (Å²) in [5.74, 6) is 0. The number of halogens is 3. The largest absolute Gasteiger partial charge is 0.435 e. The van der Waals surface area contributed by atoms with Gasteiger partial charge in [0.15, 0.2) is 5.69 Å². The van der Waals surface area contributed by atoms with Crippen molar-refractivity contribution >= 4 is 11.5 Å². The lowest BCUT2D eigenvalue weighted by molar-refractivity contribution is -0.141. The van der Waals surface area contributed by atoms with Gasteiger partial charge in [-0.25, -0.2) is 4.37 Å². The van der Waals surface area contributed by atoms with E-state index in [1.807, 2.05) is 0 Å². The predicted octanol–water partition coefficient (Wildman–Crippen LogP) is 2.56. The molecule has 0 unspecified atom stereocenters. The molecule has 0 N–H and O–H groups in total. The van der Waals surface area contributed by atoms with Crippen molar-refractivity contribution < 1.29 is 13.2 Å². The zero-order valence-corrected chi connectivity index (χ0v) is 8.43. The molecule has 0 spiro atoms. The van der Waals surface area contributed by atoms with E-state index in [1.54, 1.807) is 12.3 Å². The van der Waals surface area contributed by atoms with E-state index in [0.717, 1.165) is 17.6 Å². The molecule has 0 saturated carbocycles. The van der Waals surface area contributed by atoms with E-state index in [2.05, 4.69) is 9.47 Å². The quantitative estimate of drug-likeness (QED) is 0.757. The van der Waals surface area contributed by atoms with Crippen LogP contribution in [0.3, 0.4) is 0 Å². The second-order valence-electron chi connectivity index (χ2n) is 2.91. The van der Waals surface area contributed by atoms with Crippen LogP contribution < -0.4 is 0 Å². The van der Waals surface area contributed by atoms with Gasteiger partial charge in [0.25, 0.3) is 0 Å². The van der Waals surface area contributed by atoms with Gasteiger partial charge in [0.2, 0.25) is 0 Å². The lowest BCUT2D eigenvalue weighted by Crippen LogP contribution is -2.06. The van der Waals surface area contributed by atoms with Crippen LogP contribution in [-0.4, -0.2) is 14.2 Å². The summed E-state index contributed by atoms with van der Waals surface area (Å²) in [5.41, 5.74) is -0.460. The summed E-state index contributed by atoms with van der Waals surface area (Å²) in [5, 5.41) is 3.41. The Morgan fingerprint density at radius 1 is 1.40 bits per heavy atom. The van der Waals surface area contributed by atoms with Crippen molar-refractivity contribution in [1.29, 1.82) is 0 Å². The molecule has 2 rings (SSSR count). The molecule has 0 fully saturated rings. The third-order valence-electron chi connectivity index (χ3n) is 1.86. The highest BCUT2D eigenvalue weighted by Crippen LogP contribution is 2.32. The molecule has 0 saturated heterocycles. The number of alkyl halides is 3. The Hall–Kier alpha value is -1.37. The van der Waals surface area contributed by atoms with Gasteiger partial charge in [-0.1, -0.05) is 0 Å². The Balaban J connectivity index is 2.47.